The van der Waals surface area contributed by atoms with Crippen LogP contribution in [0.5, 0.6) is 0 Å². The first-order chi connectivity index (χ1) is 14.1. The SMILES string of the molecule is C=CC(=O)OC(OC(=O)C=C)(OC(=O)C=C)c1ccc(C(=O)O)c(C(=O)O)c1CC. The molecule has 0 atom stereocenters. The second-order valence-corrected chi connectivity index (χ2v) is 5.41. The van der Waals surface area contributed by atoms with Crippen LogP contribution in [0.1, 0.15) is 38.8 Å². The van der Waals surface area contributed by atoms with Crippen LogP contribution >= 0.6 is 0 Å². The van der Waals surface area contributed by atoms with Crippen LogP contribution in [0.4, 0.5) is 0 Å². The third-order valence-corrected chi connectivity index (χ3v) is 3.65. The van der Waals surface area contributed by atoms with Crippen molar-refractivity contribution in [1.82, 2.24) is 0 Å². The quantitative estimate of drug-likeness (QED) is 0.327. The zero-order valence-corrected chi connectivity index (χ0v) is 15.9. The molecule has 0 unspecified atom stereocenters. The third kappa shape index (κ3) is 4.98. The molecule has 1 aromatic carbocycles. The molecule has 158 valence electrons. The topological polar surface area (TPSA) is 154 Å². The summed E-state index contributed by atoms with van der Waals surface area (Å²) in [6.07, 6.45) is 1.89. The van der Waals surface area contributed by atoms with Gasteiger partial charge in [0.25, 0.3) is 0 Å². The molecule has 0 amide bonds. The van der Waals surface area contributed by atoms with E-state index in [1.165, 1.54) is 6.92 Å². The molecule has 0 heterocycles. The number of carbonyl (C=O) groups excluding carboxylic acids is 3. The summed E-state index contributed by atoms with van der Waals surface area (Å²) in [5.41, 5.74) is -1.90. The maximum Gasteiger partial charge on any atom is 0.454 e. The van der Waals surface area contributed by atoms with E-state index in [9.17, 15) is 34.2 Å². The van der Waals surface area contributed by atoms with Crippen LogP contribution in [0, 0.1) is 0 Å². The highest BCUT2D eigenvalue weighted by Gasteiger charge is 2.48. The van der Waals surface area contributed by atoms with Gasteiger partial charge < -0.3 is 24.4 Å². The summed E-state index contributed by atoms with van der Waals surface area (Å²) in [6.45, 7) is 11.0. The van der Waals surface area contributed by atoms with Crippen LogP contribution in [0.15, 0.2) is 50.1 Å². The lowest BCUT2D eigenvalue weighted by atomic mass is 9.92. The molecular formula is C20H18O10. The highest BCUT2D eigenvalue weighted by molar-refractivity contribution is 6.03. The van der Waals surface area contributed by atoms with Gasteiger partial charge in [-0.1, -0.05) is 26.7 Å². The van der Waals surface area contributed by atoms with Crippen LogP contribution in [0.25, 0.3) is 0 Å². The number of carboxylic acid groups (broad SMARTS) is 2. The van der Waals surface area contributed by atoms with Gasteiger partial charge >= 0.3 is 35.8 Å². The Morgan fingerprint density at radius 2 is 1.30 bits per heavy atom. The maximum atomic E-state index is 11.9. The van der Waals surface area contributed by atoms with E-state index in [0.29, 0.717) is 18.2 Å². The number of carboxylic acids is 2. The van der Waals surface area contributed by atoms with Crippen molar-refractivity contribution in [3.63, 3.8) is 0 Å². The molecule has 0 aliphatic heterocycles. The summed E-state index contributed by atoms with van der Waals surface area (Å²) in [5.74, 6) is -9.69. The van der Waals surface area contributed by atoms with Gasteiger partial charge in [0.2, 0.25) is 0 Å². The zero-order valence-electron chi connectivity index (χ0n) is 15.9. The van der Waals surface area contributed by atoms with Gasteiger partial charge in [-0.2, -0.15) is 0 Å². The van der Waals surface area contributed by atoms with E-state index in [-0.39, 0.29) is 12.0 Å². The largest absolute Gasteiger partial charge is 0.478 e. The monoisotopic (exact) mass is 418 g/mol. The van der Waals surface area contributed by atoms with Crippen LogP contribution < -0.4 is 0 Å². The van der Waals surface area contributed by atoms with Crippen molar-refractivity contribution in [3.8, 4) is 0 Å². The summed E-state index contributed by atoms with van der Waals surface area (Å²) in [7, 11) is 0. The standard InChI is InChI=1S/C20H18O10/c1-5-11-13(10-9-12(18(24)25)17(11)19(26)27)20(28-14(21)6-2,29-15(22)7-3)30-16(23)8-4/h6-10H,2-5H2,1H3,(H,24,25)(H,26,27). The summed E-state index contributed by atoms with van der Waals surface area (Å²) < 4.78 is 15.1. The van der Waals surface area contributed by atoms with Crippen molar-refractivity contribution in [2.75, 3.05) is 0 Å². The molecule has 0 fully saturated rings. The molecule has 30 heavy (non-hydrogen) atoms. The number of rotatable bonds is 10. The maximum absolute atomic E-state index is 11.9. The van der Waals surface area contributed by atoms with E-state index >= 15 is 0 Å². The second-order valence-electron chi connectivity index (χ2n) is 5.41. The fourth-order valence-corrected chi connectivity index (χ4v) is 2.47. The number of hydrogen-bond donors (Lipinski definition) is 2. The van der Waals surface area contributed by atoms with Crippen molar-refractivity contribution < 1.29 is 48.4 Å². The lowest BCUT2D eigenvalue weighted by molar-refractivity contribution is -0.334. The van der Waals surface area contributed by atoms with E-state index in [2.05, 4.69) is 19.7 Å². The second kappa shape index (κ2) is 9.82. The summed E-state index contributed by atoms with van der Waals surface area (Å²) >= 11 is 0. The molecule has 0 spiro atoms. The molecule has 0 radical (unpaired) electrons. The molecule has 10 nitrogen and oxygen atoms in total. The van der Waals surface area contributed by atoms with Crippen LogP contribution in [-0.2, 0) is 41.0 Å². The first-order valence-electron chi connectivity index (χ1n) is 8.25. The van der Waals surface area contributed by atoms with Gasteiger partial charge in [-0.3, -0.25) is 0 Å². The van der Waals surface area contributed by atoms with Crippen molar-refractivity contribution in [2.45, 2.75) is 19.3 Å². The Balaban J connectivity index is 4.03. The first-order valence-corrected chi connectivity index (χ1v) is 8.25. The molecule has 0 aliphatic carbocycles. The van der Waals surface area contributed by atoms with Crippen molar-refractivity contribution in [1.29, 1.82) is 0 Å². The third-order valence-electron chi connectivity index (χ3n) is 3.65. The summed E-state index contributed by atoms with van der Waals surface area (Å²) in [4.78, 5) is 59.1. The lowest BCUT2D eigenvalue weighted by Gasteiger charge is -2.32. The van der Waals surface area contributed by atoms with Gasteiger partial charge in [0.1, 0.15) is 0 Å². The van der Waals surface area contributed by atoms with Gasteiger partial charge in [0.05, 0.1) is 16.7 Å². The number of carbonyl (C=O) groups is 5. The van der Waals surface area contributed by atoms with Crippen LogP contribution in [0.3, 0.4) is 0 Å². The van der Waals surface area contributed by atoms with E-state index in [1.54, 1.807) is 0 Å². The van der Waals surface area contributed by atoms with Gasteiger partial charge in [-0.15, -0.1) is 0 Å². The minimum atomic E-state index is -2.91. The predicted molar refractivity (Wildman–Crippen MR) is 100 cm³/mol. The lowest BCUT2D eigenvalue weighted by Crippen LogP contribution is -2.42. The van der Waals surface area contributed by atoms with E-state index in [4.69, 9.17) is 14.2 Å². The number of esters is 3. The van der Waals surface area contributed by atoms with E-state index in [1.807, 2.05) is 0 Å². The molecule has 0 bridgehead atoms. The fraction of sp³-hybridized carbons (Fsp3) is 0.150. The normalized spacial score (nSPS) is 10.3. The predicted octanol–water partition coefficient (Wildman–Crippen LogP) is 1.94. The Morgan fingerprint density at radius 1 is 0.867 bits per heavy atom. The van der Waals surface area contributed by atoms with Crippen molar-refractivity contribution >= 4 is 29.8 Å². The number of aromatic carboxylic acids is 2. The van der Waals surface area contributed by atoms with E-state index < -0.39 is 52.5 Å². The van der Waals surface area contributed by atoms with Gasteiger partial charge in [0.15, 0.2) is 0 Å². The highest BCUT2D eigenvalue weighted by Crippen LogP contribution is 2.36. The number of benzene rings is 1. The van der Waals surface area contributed by atoms with Gasteiger partial charge in [0, 0.05) is 18.2 Å². The smallest absolute Gasteiger partial charge is 0.454 e. The summed E-state index contributed by atoms with van der Waals surface area (Å²) in [6, 6.07) is 1.87. The van der Waals surface area contributed by atoms with Gasteiger partial charge in [-0.05, 0) is 24.1 Å². The average molecular weight is 418 g/mol. The molecule has 1 aromatic rings. The minimum absolute atomic E-state index is 0.136. The molecule has 0 aliphatic rings. The van der Waals surface area contributed by atoms with Gasteiger partial charge in [-0.25, -0.2) is 24.0 Å². The molecule has 0 saturated heterocycles. The van der Waals surface area contributed by atoms with Crippen LogP contribution in [0.2, 0.25) is 0 Å². The Kier molecular flexibility index (Phi) is 7.80. The highest BCUT2D eigenvalue weighted by atomic mass is 16.9. The van der Waals surface area contributed by atoms with Crippen molar-refractivity contribution in [2.24, 2.45) is 0 Å². The zero-order chi connectivity index (χ0) is 23.1. The molecule has 0 saturated carbocycles. The number of hydrogen-bond acceptors (Lipinski definition) is 8. The Bertz CT molecular complexity index is 886. The Hall–Kier alpha value is -4.21. The molecular weight excluding hydrogens is 400 g/mol. The minimum Gasteiger partial charge on any atom is -0.478 e. The Labute approximate surface area is 170 Å². The first kappa shape index (κ1) is 23.8. The van der Waals surface area contributed by atoms with Crippen LogP contribution in [-0.4, -0.2) is 40.1 Å². The number of ether oxygens (including phenoxy) is 3. The fourth-order valence-electron chi connectivity index (χ4n) is 2.47. The molecule has 0 aromatic heterocycles. The van der Waals surface area contributed by atoms with Crippen molar-refractivity contribution in [3.05, 3.63) is 72.4 Å². The molecule has 2 N–H and O–H groups in total. The summed E-state index contributed by atoms with van der Waals surface area (Å²) in [5, 5.41) is 18.9. The molecule has 1 rings (SSSR count). The molecule has 10 heteroatoms. The Morgan fingerprint density at radius 3 is 1.60 bits per heavy atom. The average Bonchev–Trinajstić information content (AvgIpc) is 2.71. The van der Waals surface area contributed by atoms with E-state index in [0.717, 1.165) is 12.1 Å².